The highest BCUT2D eigenvalue weighted by Gasteiger charge is 2.14. The molecule has 2 N–H and O–H groups in total. The average Bonchev–Trinajstić information content (AvgIpc) is 3.27. The number of nitrogens with one attached hydrogen (secondary N) is 2. The number of amides is 2. The zero-order valence-electron chi connectivity index (χ0n) is 16.4. The maximum absolute atomic E-state index is 12.5. The lowest BCUT2D eigenvalue weighted by atomic mass is 10.2. The number of hydrogen-bond donors (Lipinski definition) is 2. The summed E-state index contributed by atoms with van der Waals surface area (Å²) in [7, 11) is 1.62. The van der Waals surface area contributed by atoms with Crippen molar-refractivity contribution in [2.75, 3.05) is 30.4 Å². The quantitative estimate of drug-likeness (QED) is 0.472. The largest absolute Gasteiger partial charge is 0.497 e. The fourth-order valence-electron chi connectivity index (χ4n) is 2.79. The van der Waals surface area contributed by atoms with E-state index in [1.807, 2.05) is 64.9 Å². The molecule has 0 bridgehead atoms. The van der Waals surface area contributed by atoms with Crippen LogP contribution in [0.4, 0.5) is 11.4 Å². The third-order valence-corrected chi connectivity index (χ3v) is 5.85. The first-order valence-corrected chi connectivity index (χ1v) is 10.9. The van der Waals surface area contributed by atoms with E-state index in [1.54, 1.807) is 24.5 Å². The first-order valence-electron chi connectivity index (χ1n) is 9.27. The Labute approximate surface area is 188 Å². The van der Waals surface area contributed by atoms with E-state index in [0.717, 1.165) is 20.8 Å². The second-order valence-electron chi connectivity index (χ2n) is 6.44. The Hall–Kier alpha value is -2.84. The van der Waals surface area contributed by atoms with Crippen LogP contribution in [0.5, 0.6) is 5.75 Å². The topological polar surface area (TPSA) is 70.7 Å². The van der Waals surface area contributed by atoms with Gasteiger partial charge in [0.1, 0.15) is 5.75 Å². The van der Waals surface area contributed by atoms with Gasteiger partial charge in [-0.2, -0.15) is 0 Å². The molecule has 30 heavy (non-hydrogen) atoms. The van der Waals surface area contributed by atoms with Gasteiger partial charge in [0, 0.05) is 15.0 Å². The number of anilines is 2. The van der Waals surface area contributed by atoms with Gasteiger partial charge >= 0.3 is 0 Å². The van der Waals surface area contributed by atoms with E-state index < -0.39 is 0 Å². The van der Waals surface area contributed by atoms with Crippen LogP contribution in [0.25, 0.3) is 0 Å². The molecule has 0 radical (unpaired) electrons. The third-order valence-electron chi connectivity index (χ3n) is 4.29. The van der Waals surface area contributed by atoms with Crippen LogP contribution in [0, 0.1) is 0 Å². The van der Waals surface area contributed by atoms with E-state index in [1.165, 1.54) is 0 Å². The molecule has 0 aliphatic heterocycles. The average molecular weight is 488 g/mol. The van der Waals surface area contributed by atoms with Crippen molar-refractivity contribution in [3.8, 4) is 5.75 Å². The number of halogens is 1. The highest BCUT2D eigenvalue weighted by molar-refractivity contribution is 9.10. The molecular weight excluding hydrogens is 466 g/mol. The Morgan fingerprint density at radius 2 is 1.80 bits per heavy atom. The van der Waals surface area contributed by atoms with Crippen molar-refractivity contribution in [1.29, 1.82) is 0 Å². The Bertz CT molecular complexity index is 978. The number of para-hydroxylation sites is 1. The number of ether oxygens (including phenoxy) is 1. The molecule has 0 saturated carbocycles. The monoisotopic (exact) mass is 487 g/mol. The van der Waals surface area contributed by atoms with Gasteiger partial charge in [-0.05, 0) is 63.8 Å². The molecule has 156 valence electrons. The van der Waals surface area contributed by atoms with Crippen molar-refractivity contribution in [2.24, 2.45) is 0 Å². The van der Waals surface area contributed by atoms with Crippen LogP contribution >= 0.6 is 27.3 Å². The van der Waals surface area contributed by atoms with Crippen LogP contribution < -0.4 is 20.3 Å². The lowest BCUT2D eigenvalue weighted by molar-refractivity contribution is -0.123. The van der Waals surface area contributed by atoms with Crippen molar-refractivity contribution in [3.63, 3.8) is 0 Å². The fraction of sp³-hybridized carbons (Fsp3) is 0.182. The summed E-state index contributed by atoms with van der Waals surface area (Å²) in [5.74, 6) is 0.233. The van der Waals surface area contributed by atoms with E-state index in [-0.39, 0.29) is 24.9 Å². The molecular formula is C22H22BrN3O3S. The first kappa shape index (κ1) is 21.9. The molecule has 0 spiro atoms. The highest BCUT2D eigenvalue weighted by Crippen LogP contribution is 2.23. The minimum Gasteiger partial charge on any atom is -0.497 e. The van der Waals surface area contributed by atoms with Gasteiger partial charge in [-0.15, -0.1) is 11.3 Å². The van der Waals surface area contributed by atoms with Crippen LogP contribution in [0.2, 0.25) is 0 Å². The third kappa shape index (κ3) is 6.33. The normalized spacial score (nSPS) is 10.3. The number of carbonyl (C=O) groups is 2. The number of methoxy groups -OCH3 is 1. The van der Waals surface area contributed by atoms with Gasteiger partial charge in [-0.25, -0.2) is 0 Å². The van der Waals surface area contributed by atoms with E-state index in [0.29, 0.717) is 12.2 Å². The smallest absolute Gasteiger partial charge is 0.243 e. The van der Waals surface area contributed by atoms with Crippen LogP contribution in [-0.4, -0.2) is 32.0 Å². The van der Waals surface area contributed by atoms with E-state index in [9.17, 15) is 9.59 Å². The van der Waals surface area contributed by atoms with Crippen molar-refractivity contribution < 1.29 is 14.3 Å². The van der Waals surface area contributed by atoms with Gasteiger partial charge in [0.2, 0.25) is 11.8 Å². The molecule has 1 aromatic heterocycles. The Kier molecular flexibility index (Phi) is 7.87. The number of benzene rings is 2. The van der Waals surface area contributed by atoms with Crippen LogP contribution in [-0.2, 0) is 16.1 Å². The number of rotatable bonds is 9. The highest BCUT2D eigenvalue weighted by atomic mass is 79.9. The molecule has 0 aliphatic rings. The summed E-state index contributed by atoms with van der Waals surface area (Å²) in [5, 5.41) is 7.48. The van der Waals surface area contributed by atoms with Gasteiger partial charge in [0.25, 0.3) is 0 Å². The standard InChI is InChI=1S/C22H22BrN3O3S/c1-29-17-10-8-16(9-11-17)26(14-18-5-4-12-30-18)15-22(28)24-13-21(27)25-20-7-3-2-6-19(20)23/h2-12H,13-15H2,1H3,(H,24,28)(H,25,27). The SMILES string of the molecule is COc1ccc(N(CC(=O)NCC(=O)Nc2ccccc2Br)Cc2cccs2)cc1. The minimum atomic E-state index is -0.287. The minimum absolute atomic E-state index is 0.102. The zero-order valence-corrected chi connectivity index (χ0v) is 18.8. The predicted octanol–water partition coefficient (Wildman–Crippen LogP) is 4.28. The molecule has 0 atom stereocenters. The number of thiophene rings is 1. The van der Waals surface area contributed by atoms with Crippen molar-refractivity contribution >= 4 is 50.5 Å². The molecule has 0 fully saturated rings. The molecule has 1 heterocycles. The van der Waals surface area contributed by atoms with Crippen molar-refractivity contribution in [1.82, 2.24) is 5.32 Å². The van der Waals surface area contributed by atoms with Gasteiger partial charge in [0.15, 0.2) is 0 Å². The molecule has 3 rings (SSSR count). The predicted molar refractivity (Wildman–Crippen MR) is 124 cm³/mol. The summed E-state index contributed by atoms with van der Waals surface area (Å²) in [6.45, 7) is 0.628. The Balaban J connectivity index is 1.59. The number of hydrogen-bond acceptors (Lipinski definition) is 5. The summed E-state index contributed by atoms with van der Waals surface area (Å²) < 4.78 is 6.00. The summed E-state index contributed by atoms with van der Waals surface area (Å²) in [6.07, 6.45) is 0. The van der Waals surface area contributed by atoms with Gasteiger partial charge in [0.05, 0.1) is 32.4 Å². The maximum Gasteiger partial charge on any atom is 0.243 e. The molecule has 0 aliphatic carbocycles. The zero-order chi connectivity index (χ0) is 21.3. The Morgan fingerprint density at radius 3 is 2.47 bits per heavy atom. The van der Waals surface area contributed by atoms with E-state index >= 15 is 0 Å². The van der Waals surface area contributed by atoms with E-state index in [4.69, 9.17) is 4.74 Å². The van der Waals surface area contributed by atoms with Gasteiger partial charge < -0.3 is 20.3 Å². The van der Waals surface area contributed by atoms with Crippen molar-refractivity contribution in [2.45, 2.75) is 6.54 Å². The maximum atomic E-state index is 12.5. The lowest BCUT2D eigenvalue weighted by Crippen LogP contribution is -2.40. The summed E-state index contributed by atoms with van der Waals surface area (Å²) in [5.41, 5.74) is 1.56. The first-order chi connectivity index (χ1) is 14.5. The van der Waals surface area contributed by atoms with Crippen molar-refractivity contribution in [3.05, 3.63) is 75.4 Å². The molecule has 6 nitrogen and oxygen atoms in total. The lowest BCUT2D eigenvalue weighted by Gasteiger charge is -2.24. The van der Waals surface area contributed by atoms with E-state index in [2.05, 4.69) is 26.6 Å². The van der Waals surface area contributed by atoms with Crippen LogP contribution in [0.15, 0.2) is 70.5 Å². The second kappa shape index (κ2) is 10.8. The molecule has 8 heteroatoms. The van der Waals surface area contributed by atoms with Crippen LogP contribution in [0.1, 0.15) is 4.88 Å². The second-order valence-corrected chi connectivity index (χ2v) is 8.32. The number of carbonyl (C=O) groups excluding carboxylic acids is 2. The summed E-state index contributed by atoms with van der Waals surface area (Å²) in [6, 6.07) is 18.9. The molecule has 2 amide bonds. The number of nitrogens with zero attached hydrogens (tertiary/aromatic N) is 1. The molecule has 0 saturated heterocycles. The molecule has 0 unspecified atom stereocenters. The molecule has 3 aromatic rings. The summed E-state index contributed by atoms with van der Waals surface area (Å²) in [4.78, 5) is 27.8. The van der Waals surface area contributed by atoms with Gasteiger partial charge in [-0.1, -0.05) is 18.2 Å². The fourth-order valence-corrected chi connectivity index (χ4v) is 3.89. The Morgan fingerprint density at radius 1 is 1.03 bits per heavy atom. The summed E-state index contributed by atoms with van der Waals surface area (Å²) >= 11 is 5.02. The molecule has 2 aromatic carbocycles. The van der Waals surface area contributed by atoms with Gasteiger partial charge in [-0.3, -0.25) is 9.59 Å². The van der Waals surface area contributed by atoms with Crippen LogP contribution in [0.3, 0.4) is 0 Å².